The minimum absolute atomic E-state index is 0.0156. The number of pyridine rings is 2. The van der Waals surface area contributed by atoms with E-state index in [1.54, 1.807) is 0 Å². The number of hydrogen-bond acceptors (Lipinski definition) is 2. The minimum atomic E-state index is -0.0156. The molecule has 4 aromatic heterocycles. The van der Waals surface area contributed by atoms with Gasteiger partial charge in [-0.25, -0.2) is 9.97 Å². The number of fused-ring (bicyclic) bond motifs is 2. The monoisotopic (exact) mass is 346 g/mol. The Morgan fingerprint density at radius 3 is 2.50 bits per heavy atom. The van der Waals surface area contributed by atoms with E-state index in [1.165, 1.54) is 11.1 Å². The average molecular weight is 346 g/mol. The smallest absolute Gasteiger partial charge is 0.140 e. The van der Waals surface area contributed by atoms with E-state index in [0.717, 1.165) is 23.4 Å². The molecule has 4 heteroatoms. The predicted molar refractivity (Wildman–Crippen MR) is 106 cm³/mol. The standard InChI is InChI=1S/C22H26N4/c1-21(2,3)18-7-6-11-26-15-17(24-20(18)26)13-22(4,5)16-8-9-19-23-10-12-25(19)14-16/h6-12,14-15H,13H2,1-5H3. The lowest BCUT2D eigenvalue weighted by Gasteiger charge is -2.24. The van der Waals surface area contributed by atoms with Crippen molar-refractivity contribution in [3.63, 3.8) is 0 Å². The van der Waals surface area contributed by atoms with Crippen molar-refractivity contribution in [1.82, 2.24) is 18.8 Å². The summed E-state index contributed by atoms with van der Waals surface area (Å²) >= 11 is 0. The van der Waals surface area contributed by atoms with Gasteiger partial charge >= 0.3 is 0 Å². The van der Waals surface area contributed by atoms with Crippen LogP contribution in [0.3, 0.4) is 0 Å². The van der Waals surface area contributed by atoms with Crippen LogP contribution in [0.4, 0.5) is 0 Å². The highest BCUT2D eigenvalue weighted by Crippen LogP contribution is 2.30. The Bertz CT molecular complexity index is 1080. The average Bonchev–Trinajstić information content (AvgIpc) is 3.17. The van der Waals surface area contributed by atoms with E-state index in [9.17, 15) is 0 Å². The van der Waals surface area contributed by atoms with E-state index in [0.29, 0.717) is 0 Å². The van der Waals surface area contributed by atoms with Gasteiger partial charge in [0, 0.05) is 43.0 Å². The van der Waals surface area contributed by atoms with Crippen molar-refractivity contribution in [2.24, 2.45) is 0 Å². The Morgan fingerprint density at radius 1 is 0.923 bits per heavy atom. The fraction of sp³-hybridized carbons (Fsp3) is 0.364. The first kappa shape index (κ1) is 16.8. The van der Waals surface area contributed by atoms with Crippen molar-refractivity contribution in [2.75, 3.05) is 0 Å². The van der Waals surface area contributed by atoms with Crippen molar-refractivity contribution >= 4 is 11.3 Å². The first-order chi connectivity index (χ1) is 12.2. The van der Waals surface area contributed by atoms with Gasteiger partial charge < -0.3 is 8.80 Å². The molecule has 0 bridgehead atoms. The van der Waals surface area contributed by atoms with Gasteiger partial charge in [-0.15, -0.1) is 0 Å². The van der Waals surface area contributed by atoms with Gasteiger partial charge in [-0.05, 0) is 28.5 Å². The van der Waals surface area contributed by atoms with Gasteiger partial charge in [-0.2, -0.15) is 0 Å². The van der Waals surface area contributed by atoms with E-state index in [1.807, 2.05) is 12.4 Å². The third-order valence-electron chi connectivity index (χ3n) is 5.13. The third-order valence-corrected chi connectivity index (χ3v) is 5.13. The van der Waals surface area contributed by atoms with Crippen LogP contribution in [0.1, 0.15) is 51.4 Å². The molecule has 26 heavy (non-hydrogen) atoms. The van der Waals surface area contributed by atoms with Gasteiger partial charge in [0.1, 0.15) is 11.3 Å². The maximum absolute atomic E-state index is 4.99. The zero-order valence-corrected chi connectivity index (χ0v) is 16.2. The van der Waals surface area contributed by atoms with Gasteiger partial charge in [0.2, 0.25) is 0 Å². The molecule has 0 aliphatic heterocycles. The highest BCUT2D eigenvalue weighted by Gasteiger charge is 2.25. The molecule has 0 radical (unpaired) electrons. The molecule has 0 atom stereocenters. The molecular weight excluding hydrogens is 320 g/mol. The summed E-state index contributed by atoms with van der Waals surface area (Å²) in [5, 5.41) is 0. The molecular formula is C22H26N4. The lowest BCUT2D eigenvalue weighted by atomic mass is 9.81. The zero-order chi connectivity index (χ0) is 18.5. The normalized spacial score (nSPS) is 13.0. The molecule has 134 valence electrons. The Hall–Kier alpha value is -2.62. The van der Waals surface area contributed by atoms with Crippen LogP contribution in [0, 0.1) is 0 Å². The second-order valence-corrected chi connectivity index (χ2v) is 8.81. The molecule has 0 saturated carbocycles. The Labute approximate surface area is 154 Å². The highest BCUT2D eigenvalue weighted by molar-refractivity contribution is 5.52. The van der Waals surface area contributed by atoms with Gasteiger partial charge in [0.25, 0.3) is 0 Å². The molecule has 0 aromatic carbocycles. The van der Waals surface area contributed by atoms with Crippen LogP contribution in [0.5, 0.6) is 0 Å². The first-order valence-electron chi connectivity index (χ1n) is 9.14. The third kappa shape index (κ3) is 2.90. The Morgan fingerprint density at radius 2 is 1.73 bits per heavy atom. The quantitative estimate of drug-likeness (QED) is 0.534. The Kier molecular flexibility index (Phi) is 3.69. The topological polar surface area (TPSA) is 34.6 Å². The SMILES string of the molecule is CC(C)(C)c1cccn2cc(CC(C)(C)c3ccc4nccn4c3)nc12. The highest BCUT2D eigenvalue weighted by atomic mass is 15.0. The van der Waals surface area contributed by atoms with Crippen LogP contribution >= 0.6 is 0 Å². The Balaban J connectivity index is 1.71. The summed E-state index contributed by atoms with van der Waals surface area (Å²) < 4.78 is 4.24. The fourth-order valence-corrected chi connectivity index (χ4v) is 3.61. The van der Waals surface area contributed by atoms with E-state index in [4.69, 9.17) is 4.98 Å². The van der Waals surface area contributed by atoms with Crippen molar-refractivity contribution < 1.29 is 0 Å². The number of rotatable bonds is 3. The van der Waals surface area contributed by atoms with Crippen molar-refractivity contribution in [3.8, 4) is 0 Å². The second kappa shape index (κ2) is 5.70. The number of hydrogen-bond donors (Lipinski definition) is 0. The molecule has 0 amide bonds. The summed E-state index contributed by atoms with van der Waals surface area (Å²) in [6.45, 7) is 11.3. The fourth-order valence-electron chi connectivity index (χ4n) is 3.61. The van der Waals surface area contributed by atoms with Crippen molar-refractivity contribution in [1.29, 1.82) is 0 Å². The van der Waals surface area contributed by atoms with Crippen LogP contribution in [0.25, 0.3) is 11.3 Å². The molecule has 4 rings (SSSR count). The maximum Gasteiger partial charge on any atom is 0.140 e. The largest absolute Gasteiger partial charge is 0.307 e. The molecule has 0 aliphatic carbocycles. The molecule has 0 N–H and O–H groups in total. The van der Waals surface area contributed by atoms with Crippen LogP contribution < -0.4 is 0 Å². The van der Waals surface area contributed by atoms with Crippen LogP contribution in [-0.2, 0) is 17.3 Å². The van der Waals surface area contributed by atoms with Crippen molar-refractivity contribution in [2.45, 2.75) is 51.9 Å². The molecule has 4 heterocycles. The van der Waals surface area contributed by atoms with E-state index < -0.39 is 0 Å². The maximum atomic E-state index is 4.99. The second-order valence-electron chi connectivity index (χ2n) is 8.81. The molecule has 4 aromatic rings. The van der Waals surface area contributed by atoms with Crippen LogP contribution in [0.15, 0.2) is 55.2 Å². The summed E-state index contributed by atoms with van der Waals surface area (Å²) in [6, 6.07) is 8.55. The lowest BCUT2D eigenvalue weighted by molar-refractivity contribution is 0.514. The number of imidazole rings is 2. The van der Waals surface area contributed by atoms with Crippen LogP contribution in [0.2, 0.25) is 0 Å². The predicted octanol–water partition coefficient (Wildman–Crippen LogP) is 4.80. The summed E-state index contributed by atoms with van der Waals surface area (Å²) in [4.78, 5) is 9.32. The van der Waals surface area contributed by atoms with E-state index in [2.05, 4.69) is 91.3 Å². The van der Waals surface area contributed by atoms with Gasteiger partial charge in [-0.3, -0.25) is 0 Å². The molecule has 4 nitrogen and oxygen atoms in total. The molecule has 0 saturated heterocycles. The summed E-state index contributed by atoms with van der Waals surface area (Å²) in [5.74, 6) is 0. The van der Waals surface area contributed by atoms with Gasteiger partial charge in [-0.1, -0.05) is 46.8 Å². The minimum Gasteiger partial charge on any atom is -0.307 e. The number of aromatic nitrogens is 4. The first-order valence-corrected chi connectivity index (χ1v) is 9.14. The van der Waals surface area contributed by atoms with Crippen molar-refractivity contribution in [3.05, 3.63) is 72.1 Å². The number of nitrogens with zero attached hydrogens (tertiary/aromatic N) is 4. The summed E-state index contributed by atoms with van der Waals surface area (Å²) in [7, 11) is 0. The zero-order valence-electron chi connectivity index (χ0n) is 16.2. The summed E-state index contributed by atoms with van der Waals surface area (Å²) in [5.41, 5.74) is 5.80. The van der Waals surface area contributed by atoms with Gasteiger partial charge in [0.15, 0.2) is 0 Å². The molecule has 0 fully saturated rings. The van der Waals surface area contributed by atoms with E-state index in [-0.39, 0.29) is 10.8 Å². The lowest BCUT2D eigenvalue weighted by Crippen LogP contribution is -2.21. The molecule has 0 spiro atoms. The van der Waals surface area contributed by atoms with E-state index >= 15 is 0 Å². The molecule has 0 aliphatic rings. The van der Waals surface area contributed by atoms with Crippen LogP contribution in [-0.4, -0.2) is 18.8 Å². The summed E-state index contributed by atoms with van der Waals surface area (Å²) in [6.07, 6.45) is 11.2. The van der Waals surface area contributed by atoms with Gasteiger partial charge in [0.05, 0.1) is 5.69 Å². The molecule has 0 unspecified atom stereocenters.